The highest BCUT2D eigenvalue weighted by Gasteiger charge is 2.48. The number of carbonyl (C=O) groups excluding carboxylic acids is 1. The van der Waals surface area contributed by atoms with Crippen LogP contribution in [-0.4, -0.2) is 96.2 Å². The fraction of sp³-hybridized carbons (Fsp3) is 0.474. The van der Waals surface area contributed by atoms with Gasteiger partial charge in [-0.2, -0.15) is 4.89 Å². The van der Waals surface area contributed by atoms with Crippen molar-refractivity contribution >= 4 is 11.9 Å². The van der Waals surface area contributed by atoms with Gasteiger partial charge in [-0.25, -0.2) is 0 Å². The number of aromatic hydroxyl groups is 1. The number of carboxylic acids is 1. The maximum atomic E-state index is 11.8. The fourth-order valence-corrected chi connectivity index (χ4v) is 7.13. The first-order chi connectivity index (χ1) is 26.0. The number of esters is 1. The molecule has 4 heterocycles. The first-order valence-corrected chi connectivity index (χ1v) is 17.7. The Labute approximate surface area is 310 Å². The Bertz CT molecular complexity index is 1850. The number of ether oxygens (including phenoxy) is 7. The normalized spacial score (nSPS) is 24.9. The summed E-state index contributed by atoms with van der Waals surface area (Å²) < 4.78 is 41.4. The standard InChI is InChI=1S/C38H43NO15/c1-18(2)9-24-34-23(13-27-36(24)50-17-49-27)26-15-48-33-20(10-19-3-5-21(40)6-4-19)11-22(12-25(33)35(26)52-34)53-54-37-32(45)31(44)28(51-38(37)46-8-7-39)16-47-30(43)14-29(41)42/h3-6,11-13,18,26,28,31-32,35,37-38,40,44-45H,7-10,14-17,39H2,1-2H3,(H,41,42)/t26-,28+,31+,32-,35+,37-,38+/m0/s1. The average molecular weight is 754 g/mol. The van der Waals surface area contributed by atoms with Crippen LogP contribution in [-0.2, 0) is 41.5 Å². The van der Waals surface area contributed by atoms with Gasteiger partial charge in [0.15, 0.2) is 29.6 Å². The lowest BCUT2D eigenvalue weighted by molar-refractivity contribution is -0.372. The molecule has 0 aromatic heterocycles. The highest BCUT2D eigenvalue weighted by Crippen LogP contribution is 2.58. The van der Waals surface area contributed by atoms with Gasteiger partial charge in [0.2, 0.25) is 6.79 Å². The summed E-state index contributed by atoms with van der Waals surface area (Å²) in [5.41, 5.74) is 9.83. The second kappa shape index (κ2) is 15.9. The number of carbonyl (C=O) groups is 2. The Balaban J connectivity index is 1.17. The van der Waals surface area contributed by atoms with Crippen molar-refractivity contribution in [2.45, 2.75) is 75.8 Å². The lowest BCUT2D eigenvalue weighted by Gasteiger charge is -2.41. The molecule has 4 aliphatic rings. The number of benzene rings is 3. The molecule has 7 rings (SSSR count). The highest BCUT2D eigenvalue weighted by atomic mass is 17.2. The van der Waals surface area contributed by atoms with Gasteiger partial charge in [-0.1, -0.05) is 26.0 Å². The number of nitrogens with two attached hydrogens (primary N) is 1. The van der Waals surface area contributed by atoms with Gasteiger partial charge in [0.1, 0.15) is 54.7 Å². The number of hydrogen-bond donors (Lipinski definition) is 5. The van der Waals surface area contributed by atoms with Crippen molar-refractivity contribution in [1.82, 2.24) is 0 Å². The predicted octanol–water partition coefficient (Wildman–Crippen LogP) is 2.64. The molecule has 0 amide bonds. The zero-order valence-electron chi connectivity index (χ0n) is 29.7. The fourth-order valence-electron chi connectivity index (χ4n) is 7.13. The molecule has 1 fully saturated rings. The van der Waals surface area contributed by atoms with Crippen molar-refractivity contribution in [2.75, 3.05) is 33.2 Å². The number of phenols is 1. The molecule has 1 saturated heterocycles. The van der Waals surface area contributed by atoms with Gasteiger partial charge >= 0.3 is 11.9 Å². The molecule has 6 N–H and O–H groups in total. The highest BCUT2D eigenvalue weighted by molar-refractivity contribution is 5.90. The number of carboxylic acid groups (broad SMARTS) is 1. The van der Waals surface area contributed by atoms with Crippen LogP contribution in [0.4, 0.5) is 0 Å². The monoisotopic (exact) mass is 753 g/mol. The van der Waals surface area contributed by atoms with Crippen LogP contribution in [0.25, 0.3) is 0 Å². The summed E-state index contributed by atoms with van der Waals surface area (Å²) in [6.45, 7) is 4.22. The van der Waals surface area contributed by atoms with Crippen molar-refractivity contribution in [1.29, 1.82) is 0 Å². The maximum absolute atomic E-state index is 11.8. The minimum atomic E-state index is -1.66. The number of phenolic OH excluding ortho intramolecular Hbond substituents is 1. The van der Waals surface area contributed by atoms with E-state index in [2.05, 4.69) is 13.8 Å². The second-order valence-electron chi connectivity index (χ2n) is 14.0. The largest absolute Gasteiger partial charge is 0.508 e. The van der Waals surface area contributed by atoms with E-state index >= 15 is 0 Å². The number of rotatable bonds is 14. The third-order valence-corrected chi connectivity index (χ3v) is 9.58. The van der Waals surface area contributed by atoms with Gasteiger partial charge in [0, 0.05) is 35.2 Å². The van der Waals surface area contributed by atoms with Crippen molar-refractivity contribution in [3.05, 3.63) is 70.3 Å². The summed E-state index contributed by atoms with van der Waals surface area (Å²) in [6.07, 6.45) is -7.60. The molecule has 54 heavy (non-hydrogen) atoms. The van der Waals surface area contributed by atoms with Crippen LogP contribution in [0.2, 0.25) is 0 Å². The van der Waals surface area contributed by atoms with Gasteiger partial charge in [0.05, 0.1) is 19.1 Å². The molecular formula is C38H43NO15. The Kier molecular flexibility index (Phi) is 11.0. The molecule has 290 valence electrons. The number of hydrogen-bond acceptors (Lipinski definition) is 15. The minimum Gasteiger partial charge on any atom is -0.508 e. The summed E-state index contributed by atoms with van der Waals surface area (Å²) in [5.74, 6) is 0.723. The molecule has 0 saturated carbocycles. The maximum Gasteiger partial charge on any atom is 0.317 e. The quantitative estimate of drug-likeness (QED) is 0.0691. The summed E-state index contributed by atoms with van der Waals surface area (Å²) in [4.78, 5) is 34.3. The van der Waals surface area contributed by atoms with Crippen molar-refractivity contribution in [3.63, 3.8) is 0 Å². The molecule has 0 bridgehead atoms. The number of fused-ring (bicyclic) bond motifs is 6. The van der Waals surface area contributed by atoms with Crippen LogP contribution in [0.1, 0.15) is 60.1 Å². The van der Waals surface area contributed by atoms with E-state index in [0.717, 1.165) is 28.0 Å². The molecule has 0 radical (unpaired) electrons. The molecule has 0 unspecified atom stereocenters. The first kappa shape index (κ1) is 37.5. The molecular weight excluding hydrogens is 710 g/mol. The average Bonchev–Trinajstić information content (AvgIpc) is 3.77. The number of aliphatic carboxylic acids is 1. The van der Waals surface area contributed by atoms with E-state index in [1.165, 1.54) is 0 Å². The summed E-state index contributed by atoms with van der Waals surface area (Å²) in [6, 6.07) is 12.2. The Morgan fingerprint density at radius 1 is 0.981 bits per heavy atom. The van der Waals surface area contributed by atoms with Crippen LogP contribution < -0.4 is 29.6 Å². The zero-order valence-corrected chi connectivity index (χ0v) is 29.7. The smallest absolute Gasteiger partial charge is 0.317 e. The van der Waals surface area contributed by atoms with Gasteiger partial charge < -0.3 is 64.2 Å². The van der Waals surface area contributed by atoms with Gasteiger partial charge in [0.25, 0.3) is 0 Å². The van der Waals surface area contributed by atoms with E-state index in [1.807, 2.05) is 6.07 Å². The number of aliphatic hydroxyl groups excluding tert-OH is 2. The van der Waals surface area contributed by atoms with Crippen LogP contribution in [0.5, 0.6) is 34.5 Å². The third-order valence-electron chi connectivity index (χ3n) is 9.58. The molecule has 3 aromatic carbocycles. The SMILES string of the molecule is CC(C)Cc1c2c(cc3c1O[C@@H]1c4cc(OO[C@@H]5[C@H](OCCN)O[C@H](COC(=O)CC(=O)O)[C@@H](O)[C@@H]5O)cc(Cc5ccc(O)cc5)c4OC[C@@H]31)OCO2. The van der Waals surface area contributed by atoms with E-state index in [0.29, 0.717) is 48.2 Å². The molecule has 0 aliphatic carbocycles. The molecule has 0 spiro atoms. The van der Waals surface area contributed by atoms with Crippen LogP contribution in [0, 0.1) is 5.92 Å². The van der Waals surface area contributed by atoms with Crippen molar-refractivity contribution < 1.29 is 72.9 Å². The second-order valence-corrected chi connectivity index (χ2v) is 14.0. The van der Waals surface area contributed by atoms with E-state index < -0.39 is 61.8 Å². The van der Waals surface area contributed by atoms with E-state index in [1.54, 1.807) is 36.4 Å². The van der Waals surface area contributed by atoms with Crippen molar-refractivity contribution in [2.24, 2.45) is 11.7 Å². The summed E-state index contributed by atoms with van der Waals surface area (Å²) >= 11 is 0. The van der Waals surface area contributed by atoms with Crippen molar-refractivity contribution in [3.8, 4) is 34.5 Å². The Hall–Kier alpha value is -4.84. The zero-order chi connectivity index (χ0) is 38.1. The van der Waals surface area contributed by atoms with Crippen LogP contribution in [0.15, 0.2) is 42.5 Å². The lowest BCUT2D eigenvalue weighted by Crippen LogP contribution is -2.60. The van der Waals surface area contributed by atoms with Gasteiger partial charge in [-0.3, -0.25) is 9.59 Å². The Morgan fingerprint density at radius 3 is 2.52 bits per heavy atom. The van der Waals surface area contributed by atoms with Crippen LogP contribution >= 0.6 is 0 Å². The first-order valence-electron chi connectivity index (χ1n) is 17.7. The van der Waals surface area contributed by atoms with E-state index in [4.69, 9.17) is 53.8 Å². The molecule has 3 aromatic rings. The third kappa shape index (κ3) is 7.71. The lowest BCUT2D eigenvalue weighted by atomic mass is 9.86. The number of aliphatic hydroxyl groups is 2. The van der Waals surface area contributed by atoms with Gasteiger partial charge in [-0.15, -0.1) is 0 Å². The van der Waals surface area contributed by atoms with Crippen LogP contribution in [0.3, 0.4) is 0 Å². The molecule has 4 aliphatic heterocycles. The minimum absolute atomic E-state index is 0.0227. The summed E-state index contributed by atoms with van der Waals surface area (Å²) in [7, 11) is 0. The topological polar surface area (TPSA) is 224 Å². The molecule has 16 heteroatoms. The molecule has 7 atom stereocenters. The van der Waals surface area contributed by atoms with E-state index in [-0.39, 0.29) is 37.4 Å². The Morgan fingerprint density at radius 2 is 1.78 bits per heavy atom. The summed E-state index contributed by atoms with van der Waals surface area (Å²) in [5, 5.41) is 40.8. The molecule has 16 nitrogen and oxygen atoms in total. The van der Waals surface area contributed by atoms with Gasteiger partial charge in [-0.05, 0) is 48.2 Å². The van der Waals surface area contributed by atoms with E-state index in [9.17, 15) is 24.9 Å². The predicted molar refractivity (Wildman–Crippen MR) is 184 cm³/mol.